The highest BCUT2D eigenvalue weighted by atomic mass is 19.2. The molecule has 8 heteroatoms. The zero-order chi connectivity index (χ0) is 24.1. The molecule has 0 unspecified atom stereocenters. The summed E-state index contributed by atoms with van der Waals surface area (Å²) in [5.74, 6) is -0.749. The van der Waals surface area contributed by atoms with E-state index in [0.29, 0.717) is 23.6 Å². The van der Waals surface area contributed by atoms with E-state index in [9.17, 15) is 8.78 Å². The molecule has 0 atom stereocenters. The van der Waals surface area contributed by atoms with Gasteiger partial charge in [-0.25, -0.2) is 13.9 Å². The van der Waals surface area contributed by atoms with E-state index in [2.05, 4.69) is 15.0 Å². The van der Waals surface area contributed by atoms with Crippen molar-refractivity contribution in [3.05, 3.63) is 77.6 Å². The SMILES string of the molecule is CCN(CC)CCOc1cc(Cc2nc3cccc(-c4ccc(OC)cc4)n3n2)cc(F)c1F. The maximum Gasteiger partial charge on any atom is 0.200 e. The van der Waals surface area contributed by atoms with E-state index in [1.807, 2.05) is 56.3 Å². The summed E-state index contributed by atoms with van der Waals surface area (Å²) in [5.41, 5.74) is 3.03. The highest BCUT2D eigenvalue weighted by molar-refractivity contribution is 5.63. The quantitative estimate of drug-likeness (QED) is 0.329. The van der Waals surface area contributed by atoms with Crippen LogP contribution in [0.1, 0.15) is 25.2 Å². The first-order chi connectivity index (χ1) is 16.5. The number of halogens is 2. The van der Waals surface area contributed by atoms with Crippen LogP contribution in [0.4, 0.5) is 8.78 Å². The molecule has 0 fully saturated rings. The van der Waals surface area contributed by atoms with Gasteiger partial charge in [-0.3, -0.25) is 0 Å². The number of ether oxygens (including phenoxy) is 2. The first kappa shape index (κ1) is 23.6. The molecule has 2 aromatic heterocycles. The Morgan fingerprint density at radius 2 is 1.76 bits per heavy atom. The summed E-state index contributed by atoms with van der Waals surface area (Å²) < 4.78 is 41.2. The number of methoxy groups -OCH3 is 1. The zero-order valence-electron chi connectivity index (χ0n) is 19.6. The summed E-state index contributed by atoms with van der Waals surface area (Å²) in [6.07, 6.45) is 0.243. The lowest BCUT2D eigenvalue weighted by molar-refractivity contribution is 0.215. The van der Waals surface area contributed by atoms with E-state index in [4.69, 9.17) is 9.47 Å². The third kappa shape index (κ3) is 5.17. The zero-order valence-corrected chi connectivity index (χ0v) is 19.6. The molecular weight excluding hydrogens is 438 g/mol. The molecule has 2 aromatic carbocycles. The summed E-state index contributed by atoms with van der Waals surface area (Å²) in [7, 11) is 1.62. The first-order valence-corrected chi connectivity index (χ1v) is 11.3. The second-order valence-corrected chi connectivity index (χ2v) is 7.88. The van der Waals surface area contributed by atoms with Crippen LogP contribution in [0.3, 0.4) is 0 Å². The summed E-state index contributed by atoms with van der Waals surface area (Å²) in [6, 6.07) is 16.1. The monoisotopic (exact) mass is 466 g/mol. The predicted octanol–water partition coefficient (Wildman–Crippen LogP) is 4.99. The molecule has 0 spiro atoms. The number of fused-ring (bicyclic) bond motifs is 1. The number of hydrogen-bond acceptors (Lipinski definition) is 5. The van der Waals surface area contributed by atoms with Crippen molar-refractivity contribution in [2.24, 2.45) is 0 Å². The number of rotatable bonds is 10. The molecule has 0 saturated carbocycles. The van der Waals surface area contributed by atoms with Crippen LogP contribution in [0.5, 0.6) is 11.5 Å². The Morgan fingerprint density at radius 3 is 2.47 bits per heavy atom. The minimum absolute atomic E-state index is 0.0927. The van der Waals surface area contributed by atoms with Gasteiger partial charge in [-0.15, -0.1) is 0 Å². The third-order valence-electron chi connectivity index (χ3n) is 5.77. The van der Waals surface area contributed by atoms with Gasteiger partial charge in [0.25, 0.3) is 0 Å². The van der Waals surface area contributed by atoms with Gasteiger partial charge in [0.2, 0.25) is 5.82 Å². The van der Waals surface area contributed by atoms with E-state index in [1.165, 1.54) is 12.1 Å². The average molecular weight is 467 g/mol. The highest BCUT2D eigenvalue weighted by Gasteiger charge is 2.15. The van der Waals surface area contributed by atoms with Gasteiger partial charge in [0.15, 0.2) is 23.0 Å². The van der Waals surface area contributed by atoms with E-state index < -0.39 is 11.6 Å². The van der Waals surface area contributed by atoms with Crippen molar-refractivity contribution in [1.82, 2.24) is 19.5 Å². The fourth-order valence-corrected chi connectivity index (χ4v) is 3.84. The van der Waals surface area contributed by atoms with Crippen LogP contribution in [0.15, 0.2) is 54.6 Å². The second-order valence-electron chi connectivity index (χ2n) is 7.88. The van der Waals surface area contributed by atoms with Crippen molar-refractivity contribution >= 4 is 5.65 Å². The Kier molecular flexibility index (Phi) is 7.37. The van der Waals surface area contributed by atoms with Gasteiger partial charge < -0.3 is 14.4 Å². The molecule has 4 rings (SSSR count). The summed E-state index contributed by atoms with van der Waals surface area (Å²) in [5, 5.41) is 4.63. The number of pyridine rings is 1. The normalized spacial score (nSPS) is 11.4. The van der Waals surface area contributed by atoms with E-state index in [1.54, 1.807) is 11.6 Å². The van der Waals surface area contributed by atoms with E-state index >= 15 is 0 Å². The van der Waals surface area contributed by atoms with Crippen molar-refractivity contribution in [3.63, 3.8) is 0 Å². The molecule has 2 heterocycles. The number of benzene rings is 2. The topological polar surface area (TPSA) is 51.9 Å². The summed E-state index contributed by atoms with van der Waals surface area (Å²) in [6.45, 7) is 6.75. The van der Waals surface area contributed by atoms with Crippen LogP contribution < -0.4 is 9.47 Å². The number of aromatic nitrogens is 3. The number of likely N-dealkylation sites (N-methyl/N-ethyl adjacent to an activating group) is 1. The van der Waals surface area contributed by atoms with Crippen LogP contribution in [0.25, 0.3) is 16.9 Å². The lowest BCUT2D eigenvalue weighted by Crippen LogP contribution is -2.28. The fraction of sp³-hybridized carbons (Fsp3) is 0.308. The number of nitrogens with zero attached hydrogens (tertiary/aromatic N) is 4. The Morgan fingerprint density at radius 1 is 1.00 bits per heavy atom. The molecule has 34 heavy (non-hydrogen) atoms. The van der Waals surface area contributed by atoms with E-state index in [-0.39, 0.29) is 18.8 Å². The minimum atomic E-state index is -0.979. The van der Waals surface area contributed by atoms with Crippen LogP contribution in [0, 0.1) is 11.6 Å². The van der Waals surface area contributed by atoms with Gasteiger partial charge in [-0.2, -0.15) is 9.49 Å². The maximum absolute atomic E-state index is 14.3. The lowest BCUT2D eigenvalue weighted by atomic mass is 10.1. The first-order valence-electron chi connectivity index (χ1n) is 11.3. The Balaban J connectivity index is 1.57. The molecule has 0 aliphatic rings. The molecular formula is C26H28F2N4O2. The Hall–Kier alpha value is -3.52. The molecule has 4 aromatic rings. The molecule has 0 aliphatic carbocycles. The van der Waals surface area contributed by atoms with Crippen molar-refractivity contribution < 1.29 is 18.3 Å². The predicted molar refractivity (Wildman–Crippen MR) is 127 cm³/mol. The molecule has 0 amide bonds. The Bertz CT molecular complexity index is 1250. The van der Waals surface area contributed by atoms with Crippen LogP contribution in [0.2, 0.25) is 0 Å². The lowest BCUT2D eigenvalue weighted by Gasteiger charge is -2.18. The summed E-state index contributed by atoms with van der Waals surface area (Å²) in [4.78, 5) is 6.73. The van der Waals surface area contributed by atoms with Gasteiger partial charge in [0.1, 0.15) is 12.4 Å². The number of hydrogen-bond donors (Lipinski definition) is 0. The standard InChI is InChI=1S/C26H28F2N4O2/c1-4-31(5-2)13-14-34-23-16-18(15-21(27)26(23)28)17-24-29-25-8-6-7-22(32(25)30-24)19-9-11-20(33-3)12-10-19/h6-12,15-16H,4-5,13-14,17H2,1-3H3. The molecule has 6 nitrogen and oxygen atoms in total. The second kappa shape index (κ2) is 10.6. The van der Waals surface area contributed by atoms with Gasteiger partial charge in [0, 0.05) is 18.5 Å². The van der Waals surface area contributed by atoms with Crippen LogP contribution in [-0.4, -0.2) is 52.8 Å². The van der Waals surface area contributed by atoms with Crippen molar-refractivity contribution in [2.45, 2.75) is 20.3 Å². The molecule has 0 saturated heterocycles. The molecule has 0 aliphatic heterocycles. The molecule has 0 bridgehead atoms. The van der Waals surface area contributed by atoms with Gasteiger partial charge in [-0.05, 0) is 67.2 Å². The minimum Gasteiger partial charge on any atom is -0.497 e. The van der Waals surface area contributed by atoms with Crippen molar-refractivity contribution in [3.8, 4) is 22.8 Å². The Labute approximate surface area is 197 Å². The van der Waals surface area contributed by atoms with E-state index in [0.717, 1.165) is 30.1 Å². The average Bonchev–Trinajstić information content (AvgIpc) is 3.27. The maximum atomic E-state index is 14.3. The molecule has 178 valence electrons. The third-order valence-corrected chi connectivity index (χ3v) is 5.77. The van der Waals surface area contributed by atoms with Crippen molar-refractivity contribution in [1.29, 1.82) is 0 Å². The smallest absolute Gasteiger partial charge is 0.200 e. The molecule has 0 N–H and O–H groups in total. The van der Waals surface area contributed by atoms with Crippen LogP contribution in [-0.2, 0) is 6.42 Å². The summed E-state index contributed by atoms with van der Waals surface area (Å²) >= 11 is 0. The molecule has 0 radical (unpaired) electrons. The van der Waals surface area contributed by atoms with Crippen molar-refractivity contribution in [2.75, 3.05) is 33.4 Å². The van der Waals surface area contributed by atoms with Crippen LogP contribution >= 0.6 is 0 Å². The van der Waals surface area contributed by atoms with Gasteiger partial charge >= 0.3 is 0 Å². The fourth-order valence-electron chi connectivity index (χ4n) is 3.84. The van der Waals surface area contributed by atoms with Gasteiger partial charge in [0.05, 0.1) is 12.8 Å². The largest absolute Gasteiger partial charge is 0.497 e. The van der Waals surface area contributed by atoms with Gasteiger partial charge in [-0.1, -0.05) is 19.9 Å². The highest BCUT2D eigenvalue weighted by Crippen LogP contribution is 2.25.